The molecule has 0 N–H and O–H groups in total. The van der Waals surface area contributed by atoms with Crippen molar-refractivity contribution in [2.45, 2.75) is 0 Å². The molecule has 0 rings (SSSR count). The maximum absolute atomic E-state index is 2.23. The molecule has 0 spiro atoms. The van der Waals surface area contributed by atoms with Gasteiger partial charge in [-0.15, -0.1) is 7.92 Å². The van der Waals surface area contributed by atoms with Crippen molar-refractivity contribution in [2.75, 3.05) is 20.0 Å². The molecular formula is C3H9AgP. The number of hydrogen-bond acceptors (Lipinski definition) is 0. The van der Waals surface area contributed by atoms with E-state index in [1.165, 1.54) is 0 Å². The first-order valence-electron chi connectivity index (χ1n) is 1.34. The second-order valence-electron chi connectivity index (χ2n) is 1.34. The summed E-state index contributed by atoms with van der Waals surface area (Å²) in [4.78, 5) is 0. The summed E-state index contributed by atoms with van der Waals surface area (Å²) >= 11 is 0. The molecule has 0 aromatic carbocycles. The van der Waals surface area contributed by atoms with Gasteiger partial charge in [0, 0.05) is 22.4 Å². The Bertz CT molecular complexity index is 11.6. The largest absolute Gasteiger partial charge is 0.116 e. The van der Waals surface area contributed by atoms with Crippen LogP contribution in [0.3, 0.4) is 0 Å². The molecular weight excluding hydrogens is 175 g/mol. The summed E-state index contributed by atoms with van der Waals surface area (Å²) in [5.41, 5.74) is 0. The molecule has 0 aliphatic heterocycles. The maximum Gasteiger partial charge on any atom is 0 e. The number of rotatable bonds is 0. The first kappa shape index (κ1) is 9.48. The molecule has 5 heavy (non-hydrogen) atoms. The van der Waals surface area contributed by atoms with Crippen LogP contribution in [-0.2, 0) is 22.4 Å². The molecule has 0 saturated heterocycles. The Kier molecular flexibility index (Phi) is 9.81. The van der Waals surface area contributed by atoms with Crippen LogP contribution in [0.15, 0.2) is 0 Å². The van der Waals surface area contributed by atoms with Gasteiger partial charge in [-0.05, 0) is 20.0 Å². The van der Waals surface area contributed by atoms with Crippen LogP contribution in [0.4, 0.5) is 0 Å². The van der Waals surface area contributed by atoms with E-state index in [2.05, 4.69) is 20.0 Å². The van der Waals surface area contributed by atoms with Crippen LogP contribution in [0.1, 0.15) is 0 Å². The topological polar surface area (TPSA) is 0 Å². The van der Waals surface area contributed by atoms with Gasteiger partial charge in [0.2, 0.25) is 0 Å². The van der Waals surface area contributed by atoms with Gasteiger partial charge in [-0.1, -0.05) is 0 Å². The van der Waals surface area contributed by atoms with Gasteiger partial charge in [-0.3, -0.25) is 0 Å². The van der Waals surface area contributed by atoms with Crippen LogP contribution < -0.4 is 0 Å². The van der Waals surface area contributed by atoms with Gasteiger partial charge < -0.3 is 0 Å². The van der Waals surface area contributed by atoms with E-state index in [0.717, 1.165) is 0 Å². The molecule has 0 bridgehead atoms. The Morgan fingerprint density at radius 2 is 1.00 bits per heavy atom. The molecule has 0 saturated carbocycles. The van der Waals surface area contributed by atoms with Crippen molar-refractivity contribution in [3.05, 3.63) is 0 Å². The second kappa shape index (κ2) is 5.17. The van der Waals surface area contributed by atoms with E-state index in [4.69, 9.17) is 0 Å². The van der Waals surface area contributed by atoms with Crippen molar-refractivity contribution in [3.63, 3.8) is 0 Å². The Labute approximate surface area is 50.6 Å². The monoisotopic (exact) mass is 183 g/mol. The van der Waals surface area contributed by atoms with E-state index in [9.17, 15) is 0 Å². The minimum atomic E-state index is 0. The first-order valence-corrected chi connectivity index (χ1v) is 4.02. The predicted octanol–water partition coefficient (Wildman–Crippen LogP) is 1.36. The summed E-state index contributed by atoms with van der Waals surface area (Å²) in [5.74, 6) is 0. The van der Waals surface area contributed by atoms with Crippen molar-refractivity contribution < 1.29 is 22.4 Å². The maximum atomic E-state index is 2.23. The van der Waals surface area contributed by atoms with Crippen molar-refractivity contribution in [2.24, 2.45) is 0 Å². The van der Waals surface area contributed by atoms with E-state index >= 15 is 0 Å². The SMILES string of the molecule is CP(C)C.[Ag]. The average Bonchev–Trinajstić information content (AvgIpc) is 0.811. The van der Waals surface area contributed by atoms with Crippen LogP contribution in [0.2, 0.25) is 0 Å². The third kappa shape index (κ3) is 37.9. The second-order valence-corrected chi connectivity index (χ2v) is 4.02. The third-order valence-electron chi connectivity index (χ3n) is 0. The summed E-state index contributed by atoms with van der Waals surface area (Å²) < 4.78 is 0. The molecule has 0 nitrogen and oxygen atoms in total. The fourth-order valence-corrected chi connectivity index (χ4v) is 0. The van der Waals surface area contributed by atoms with Gasteiger partial charge in [-0.2, -0.15) is 0 Å². The van der Waals surface area contributed by atoms with Gasteiger partial charge >= 0.3 is 0 Å². The van der Waals surface area contributed by atoms with Gasteiger partial charge in [0.25, 0.3) is 0 Å². The summed E-state index contributed by atoms with van der Waals surface area (Å²) in [5, 5.41) is 0. The Balaban J connectivity index is 0. The first-order chi connectivity index (χ1) is 1.73. The standard InChI is InChI=1S/C3H9P.Ag/c1-4(2)3;/h1-3H3;. The molecule has 0 fully saturated rings. The van der Waals surface area contributed by atoms with Crippen molar-refractivity contribution in [1.29, 1.82) is 0 Å². The van der Waals surface area contributed by atoms with Crippen molar-refractivity contribution >= 4 is 7.92 Å². The summed E-state index contributed by atoms with van der Waals surface area (Å²) in [6, 6.07) is 0. The predicted molar refractivity (Wildman–Crippen MR) is 24.7 cm³/mol. The summed E-state index contributed by atoms with van der Waals surface area (Å²) in [6.07, 6.45) is 0. The van der Waals surface area contributed by atoms with Crippen LogP contribution in [0.25, 0.3) is 0 Å². The van der Waals surface area contributed by atoms with Gasteiger partial charge in [0.15, 0.2) is 0 Å². The molecule has 0 amide bonds. The van der Waals surface area contributed by atoms with Gasteiger partial charge in [0.05, 0.1) is 0 Å². The molecule has 0 aromatic rings. The van der Waals surface area contributed by atoms with Gasteiger partial charge in [-0.25, -0.2) is 0 Å². The Morgan fingerprint density at radius 1 is 1.00 bits per heavy atom. The normalized spacial score (nSPS) is 7.20. The molecule has 0 unspecified atom stereocenters. The van der Waals surface area contributed by atoms with E-state index in [1.54, 1.807) is 0 Å². The van der Waals surface area contributed by atoms with Crippen LogP contribution >= 0.6 is 7.92 Å². The molecule has 0 aliphatic rings. The fraction of sp³-hybridized carbons (Fsp3) is 1.00. The zero-order valence-corrected chi connectivity index (χ0v) is 6.13. The molecule has 2 heteroatoms. The minimum Gasteiger partial charge on any atom is -0.116 e. The quantitative estimate of drug-likeness (QED) is 0.393. The van der Waals surface area contributed by atoms with Crippen molar-refractivity contribution in [3.8, 4) is 0 Å². The molecule has 0 heterocycles. The molecule has 0 aliphatic carbocycles. The summed E-state index contributed by atoms with van der Waals surface area (Å²) in [6.45, 7) is 6.69. The zero-order chi connectivity index (χ0) is 3.58. The van der Waals surface area contributed by atoms with Gasteiger partial charge in [0.1, 0.15) is 0 Å². The molecule has 0 aromatic heterocycles. The minimum absolute atomic E-state index is 0. The van der Waals surface area contributed by atoms with Crippen LogP contribution in [-0.4, -0.2) is 20.0 Å². The zero-order valence-electron chi connectivity index (χ0n) is 3.75. The Hall–Kier alpha value is 1.17. The molecule has 37 valence electrons. The van der Waals surface area contributed by atoms with Crippen LogP contribution in [0, 0.1) is 0 Å². The van der Waals surface area contributed by atoms with E-state index in [0.29, 0.717) is 7.92 Å². The smallest absolute Gasteiger partial charge is 0 e. The average molecular weight is 184 g/mol. The van der Waals surface area contributed by atoms with Crippen molar-refractivity contribution in [1.82, 2.24) is 0 Å². The molecule has 0 atom stereocenters. The molecule has 1 radical (unpaired) electrons. The van der Waals surface area contributed by atoms with E-state index < -0.39 is 0 Å². The van der Waals surface area contributed by atoms with E-state index in [-0.39, 0.29) is 22.4 Å². The van der Waals surface area contributed by atoms with Crippen LogP contribution in [0.5, 0.6) is 0 Å². The fourth-order valence-electron chi connectivity index (χ4n) is 0. The summed E-state index contributed by atoms with van der Waals surface area (Å²) in [7, 11) is 0.380. The number of hydrogen-bond donors (Lipinski definition) is 0. The van der Waals surface area contributed by atoms with E-state index in [1.807, 2.05) is 0 Å². The Morgan fingerprint density at radius 3 is 1.00 bits per heavy atom. The third-order valence-corrected chi connectivity index (χ3v) is 0.